The fourth-order valence-corrected chi connectivity index (χ4v) is 5.41. The molecule has 6 heteroatoms. The Morgan fingerprint density at radius 3 is 2.75 bits per heavy atom. The van der Waals surface area contributed by atoms with Crippen LogP contribution in [0.5, 0.6) is 0 Å². The van der Waals surface area contributed by atoms with Crippen LogP contribution in [0.25, 0.3) is 0 Å². The van der Waals surface area contributed by atoms with Crippen molar-refractivity contribution in [3.05, 3.63) is 17.0 Å². The Morgan fingerprint density at radius 2 is 2.10 bits per heavy atom. The molecule has 4 nitrogen and oxygen atoms in total. The van der Waals surface area contributed by atoms with Gasteiger partial charge in [0, 0.05) is 19.6 Å². The highest BCUT2D eigenvalue weighted by Gasteiger charge is 2.30. The number of rotatable bonds is 7. The van der Waals surface area contributed by atoms with Crippen molar-refractivity contribution in [2.75, 3.05) is 13.6 Å². The summed E-state index contributed by atoms with van der Waals surface area (Å²) in [5, 5.41) is 5.24. The molecule has 1 aliphatic rings. The van der Waals surface area contributed by atoms with Gasteiger partial charge in [0.1, 0.15) is 4.21 Å². The average Bonchev–Trinajstić information content (AvgIpc) is 3.09. The van der Waals surface area contributed by atoms with Crippen LogP contribution in [-0.4, -0.2) is 32.4 Å². The van der Waals surface area contributed by atoms with Gasteiger partial charge in [0.2, 0.25) is 0 Å². The zero-order valence-electron chi connectivity index (χ0n) is 12.3. The summed E-state index contributed by atoms with van der Waals surface area (Å²) in [5.74, 6) is 0. The van der Waals surface area contributed by atoms with Crippen molar-refractivity contribution in [3.8, 4) is 0 Å². The van der Waals surface area contributed by atoms with E-state index in [1.165, 1.54) is 11.3 Å². The van der Waals surface area contributed by atoms with Crippen molar-refractivity contribution in [1.29, 1.82) is 0 Å². The summed E-state index contributed by atoms with van der Waals surface area (Å²) in [7, 11) is -1.59. The van der Waals surface area contributed by atoms with E-state index in [1.54, 1.807) is 11.4 Å². The molecule has 0 saturated heterocycles. The van der Waals surface area contributed by atoms with Gasteiger partial charge in [-0.2, -0.15) is 4.31 Å². The second kappa shape index (κ2) is 7.02. The number of sulfonamides is 1. The molecule has 0 amide bonds. The van der Waals surface area contributed by atoms with Gasteiger partial charge in [-0.25, -0.2) is 8.42 Å². The van der Waals surface area contributed by atoms with E-state index in [-0.39, 0.29) is 6.04 Å². The Morgan fingerprint density at radius 1 is 1.40 bits per heavy atom. The highest BCUT2D eigenvalue weighted by atomic mass is 32.2. The molecule has 1 aromatic heterocycles. The van der Waals surface area contributed by atoms with Crippen LogP contribution in [0.3, 0.4) is 0 Å². The normalized spacial score (nSPS) is 17.1. The molecule has 114 valence electrons. The minimum absolute atomic E-state index is 0.184. The van der Waals surface area contributed by atoms with E-state index in [0.717, 1.165) is 50.8 Å². The van der Waals surface area contributed by atoms with Crippen LogP contribution < -0.4 is 5.32 Å². The second-order valence-electron chi connectivity index (χ2n) is 5.41. The van der Waals surface area contributed by atoms with Crippen LogP contribution in [0.4, 0.5) is 0 Å². The van der Waals surface area contributed by atoms with E-state index in [1.807, 2.05) is 11.4 Å². The van der Waals surface area contributed by atoms with Gasteiger partial charge in [0.05, 0.1) is 0 Å². The summed E-state index contributed by atoms with van der Waals surface area (Å²) in [6.45, 7) is 3.82. The maximum Gasteiger partial charge on any atom is 0.252 e. The minimum atomic E-state index is -3.31. The molecular weight excluding hydrogens is 292 g/mol. The third kappa shape index (κ3) is 3.61. The van der Waals surface area contributed by atoms with Gasteiger partial charge in [0.15, 0.2) is 0 Å². The maximum absolute atomic E-state index is 12.6. The van der Waals surface area contributed by atoms with Crippen LogP contribution >= 0.6 is 11.3 Å². The lowest BCUT2D eigenvalue weighted by Crippen LogP contribution is -2.34. The highest BCUT2D eigenvalue weighted by molar-refractivity contribution is 7.91. The molecular formula is C14H24N2O2S2. The van der Waals surface area contributed by atoms with E-state index >= 15 is 0 Å². The fraction of sp³-hybridized carbons (Fsp3) is 0.714. The summed E-state index contributed by atoms with van der Waals surface area (Å²) < 4.78 is 27.2. The number of hydrogen-bond donors (Lipinski definition) is 1. The Labute approximate surface area is 126 Å². The van der Waals surface area contributed by atoms with Gasteiger partial charge in [-0.3, -0.25) is 0 Å². The molecule has 0 unspecified atom stereocenters. The topological polar surface area (TPSA) is 49.4 Å². The third-order valence-corrected chi connectivity index (χ3v) is 7.23. The van der Waals surface area contributed by atoms with Crippen molar-refractivity contribution < 1.29 is 8.42 Å². The minimum Gasteiger partial charge on any atom is -0.313 e. The molecule has 1 aromatic rings. The van der Waals surface area contributed by atoms with Gasteiger partial charge in [-0.05, 0) is 42.8 Å². The lowest BCUT2D eigenvalue weighted by Gasteiger charge is -2.22. The summed E-state index contributed by atoms with van der Waals surface area (Å²) in [6.07, 6.45) is 5.35. The summed E-state index contributed by atoms with van der Waals surface area (Å²) >= 11 is 1.33. The van der Waals surface area contributed by atoms with Crippen molar-refractivity contribution in [1.82, 2.24) is 9.62 Å². The van der Waals surface area contributed by atoms with E-state index < -0.39 is 10.0 Å². The first kappa shape index (κ1) is 15.9. The molecule has 1 aliphatic carbocycles. The van der Waals surface area contributed by atoms with E-state index in [2.05, 4.69) is 12.2 Å². The summed E-state index contributed by atoms with van der Waals surface area (Å²) in [4.78, 5) is 0. The largest absolute Gasteiger partial charge is 0.313 e. The average molecular weight is 316 g/mol. The molecule has 0 spiro atoms. The van der Waals surface area contributed by atoms with E-state index in [4.69, 9.17) is 0 Å². The standard InChI is InChI=1S/C14H24N2O2S2/c1-3-8-15-10-12-9-14(19-11-12)20(17,18)16(2)13-6-4-5-7-13/h9,11,13,15H,3-8,10H2,1-2H3. The van der Waals surface area contributed by atoms with Gasteiger partial charge >= 0.3 is 0 Å². The SMILES string of the molecule is CCCNCc1csc(S(=O)(=O)N(C)C2CCCC2)c1. The quantitative estimate of drug-likeness (QED) is 0.787. The summed E-state index contributed by atoms with van der Waals surface area (Å²) in [5.41, 5.74) is 1.06. The predicted octanol–water partition coefficient (Wildman–Crippen LogP) is 2.81. The van der Waals surface area contributed by atoms with E-state index in [9.17, 15) is 8.42 Å². The zero-order chi connectivity index (χ0) is 14.6. The highest BCUT2D eigenvalue weighted by Crippen LogP contribution is 2.29. The lowest BCUT2D eigenvalue weighted by atomic mass is 10.3. The van der Waals surface area contributed by atoms with Gasteiger partial charge < -0.3 is 5.32 Å². The Hall–Kier alpha value is -0.430. The Bertz CT molecular complexity index is 519. The van der Waals surface area contributed by atoms with Crippen LogP contribution in [0.15, 0.2) is 15.7 Å². The Kier molecular flexibility index (Phi) is 5.60. The predicted molar refractivity (Wildman–Crippen MR) is 83.5 cm³/mol. The molecule has 0 radical (unpaired) electrons. The van der Waals surface area contributed by atoms with Crippen molar-refractivity contribution in [2.45, 2.75) is 55.8 Å². The van der Waals surface area contributed by atoms with Gasteiger partial charge in [0.25, 0.3) is 10.0 Å². The van der Waals surface area contributed by atoms with Crippen molar-refractivity contribution in [2.24, 2.45) is 0 Å². The molecule has 20 heavy (non-hydrogen) atoms. The molecule has 1 heterocycles. The third-order valence-electron chi connectivity index (χ3n) is 3.86. The number of thiophene rings is 1. The van der Waals surface area contributed by atoms with E-state index in [0.29, 0.717) is 4.21 Å². The maximum atomic E-state index is 12.6. The molecule has 0 aromatic carbocycles. The van der Waals surface area contributed by atoms with Gasteiger partial charge in [-0.1, -0.05) is 19.8 Å². The number of hydrogen-bond acceptors (Lipinski definition) is 4. The number of nitrogens with one attached hydrogen (secondary N) is 1. The number of nitrogens with zero attached hydrogens (tertiary/aromatic N) is 1. The summed E-state index contributed by atoms with van der Waals surface area (Å²) in [6, 6.07) is 2.00. The second-order valence-corrected chi connectivity index (χ2v) is 8.55. The molecule has 0 aliphatic heterocycles. The first-order chi connectivity index (χ1) is 9.55. The molecule has 0 atom stereocenters. The van der Waals surface area contributed by atoms with Crippen LogP contribution in [-0.2, 0) is 16.6 Å². The monoisotopic (exact) mass is 316 g/mol. The van der Waals surface area contributed by atoms with Crippen molar-refractivity contribution >= 4 is 21.4 Å². The Balaban J connectivity index is 2.05. The van der Waals surface area contributed by atoms with Crippen LogP contribution in [0.1, 0.15) is 44.6 Å². The zero-order valence-corrected chi connectivity index (χ0v) is 13.9. The van der Waals surface area contributed by atoms with Crippen molar-refractivity contribution in [3.63, 3.8) is 0 Å². The molecule has 1 fully saturated rings. The van der Waals surface area contributed by atoms with Gasteiger partial charge in [-0.15, -0.1) is 11.3 Å². The molecule has 1 N–H and O–H groups in total. The first-order valence-corrected chi connectivity index (χ1v) is 9.64. The molecule has 0 bridgehead atoms. The smallest absolute Gasteiger partial charge is 0.252 e. The lowest BCUT2D eigenvalue weighted by molar-refractivity contribution is 0.374. The molecule has 1 saturated carbocycles. The molecule has 2 rings (SSSR count). The van der Waals surface area contributed by atoms with Crippen LogP contribution in [0.2, 0.25) is 0 Å². The van der Waals surface area contributed by atoms with Crippen LogP contribution in [0, 0.1) is 0 Å². The fourth-order valence-electron chi connectivity index (χ4n) is 2.60. The first-order valence-electron chi connectivity index (χ1n) is 7.32.